The second-order valence-electron chi connectivity index (χ2n) is 7.86. The van der Waals surface area contributed by atoms with Crippen molar-refractivity contribution in [3.05, 3.63) is 17.5 Å². The highest BCUT2D eigenvalue weighted by atomic mass is 16.5. The molecule has 0 unspecified atom stereocenters. The van der Waals surface area contributed by atoms with Crippen LogP contribution in [0.3, 0.4) is 0 Å². The summed E-state index contributed by atoms with van der Waals surface area (Å²) in [6, 6.07) is -0.176. The first-order chi connectivity index (χ1) is 12.5. The highest BCUT2D eigenvalue weighted by molar-refractivity contribution is 5.96. The summed E-state index contributed by atoms with van der Waals surface area (Å²) in [6.07, 6.45) is 3.17. The molecule has 4 heterocycles. The van der Waals surface area contributed by atoms with E-state index in [-0.39, 0.29) is 17.4 Å². The number of nitrogens with zero attached hydrogens (tertiary/aromatic N) is 5. The zero-order chi connectivity index (χ0) is 18.3. The van der Waals surface area contributed by atoms with E-state index in [0.717, 1.165) is 31.6 Å². The summed E-state index contributed by atoms with van der Waals surface area (Å²) in [6.45, 7) is 7.51. The number of ether oxygens (including phenoxy) is 1. The van der Waals surface area contributed by atoms with Crippen LogP contribution in [0.2, 0.25) is 0 Å². The molecule has 3 aliphatic heterocycles. The molecule has 8 nitrogen and oxygen atoms in total. The second kappa shape index (κ2) is 6.66. The van der Waals surface area contributed by atoms with Crippen LogP contribution in [0.15, 0.2) is 6.20 Å². The van der Waals surface area contributed by atoms with Crippen molar-refractivity contribution in [1.29, 1.82) is 0 Å². The number of rotatable bonds is 5. The molecule has 26 heavy (non-hydrogen) atoms. The number of fused-ring (bicyclic) bond motifs is 1. The molecule has 2 saturated heterocycles. The van der Waals surface area contributed by atoms with Crippen molar-refractivity contribution >= 4 is 11.9 Å². The van der Waals surface area contributed by atoms with Gasteiger partial charge in [0, 0.05) is 43.6 Å². The molecule has 2 fully saturated rings. The fourth-order valence-electron chi connectivity index (χ4n) is 3.94. The average Bonchev–Trinajstić information content (AvgIpc) is 2.98. The second-order valence-corrected chi connectivity index (χ2v) is 7.86. The predicted octanol–water partition coefficient (Wildman–Crippen LogP) is 0.909. The summed E-state index contributed by atoms with van der Waals surface area (Å²) in [5.74, 6) is -0.0669. The number of likely N-dealkylation sites (N-methyl/N-ethyl adjacent to an activating group) is 1. The van der Waals surface area contributed by atoms with E-state index in [4.69, 9.17) is 4.74 Å². The maximum absolute atomic E-state index is 13.0. The molecule has 142 valence electrons. The van der Waals surface area contributed by atoms with Gasteiger partial charge in [-0.15, -0.1) is 0 Å². The summed E-state index contributed by atoms with van der Waals surface area (Å²) in [5.41, 5.74) is 2.19. The van der Waals surface area contributed by atoms with E-state index in [1.807, 2.05) is 10.9 Å². The molecular formula is C18H27N5O3. The van der Waals surface area contributed by atoms with Crippen LogP contribution in [-0.2, 0) is 29.2 Å². The van der Waals surface area contributed by atoms with E-state index < -0.39 is 0 Å². The van der Waals surface area contributed by atoms with Crippen LogP contribution in [0.4, 0.5) is 4.79 Å². The zero-order valence-corrected chi connectivity index (χ0v) is 15.6. The van der Waals surface area contributed by atoms with Crippen molar-refractivity contribution in [3.8, 4) is 0 Å². The molecule has 8 heteroatoms. The summed E-state index contributed by atoms with van der Waals surface area (Å²) in [7, 11) is 2.09. The van der Waals surface area contributed by atoms with Gasteiger partial charge in [0.2, 0.25) is 5.91 Å². The SMILES string of the molecule is CCC1(CN2C(=O)CCN(Cc3cnn4c3CN(C)CC4)C2=O)COC1. The lowest BCUT2D eigenvalue weighted by Crippen LogP contribution is -2.58. The summed E-state index contributed by atoms with van der Waals surface area (Å²) in [5, 5.41) is 4.47. The number of carbonyl (C=O) groups is 2. The Hall–Kier alpha value is -1.93. The highest BCUT2D eigenvalue weighted by Gasteiger charge is 2.43. The molecule has 0 saturated carbocycles. The fraction of sp³-hybridized carbons (Fsp3) is 0.722. The number of aromatic nitrogens is 2. The Bertz CT molecular complexity index is 706. The third kappa shape index (κ3) is 3.01. The van der Waals surface area contributed by atoms with Crippen LogP contribution < -0.4 is 0 Å². The maximum atomic E-state index is 13.0. The van der Waals surface area contributed by atoms with Gasteiger partial charge < -0.3 is 9.64 Å². The lowest BCUT2D eigenvalue weighted by Gasteiger charge is -2.45. The fourth-order valence-corrected chi connectivity index (χ4v) is 3.94. The molecular weight excluding hydrogens is 334 g/mol. The van der Waals surface area contributed by atoms with Crippen LogP contribution in [0.25, 0.3) is 0 Å². The van der Waals surface area contributed by atoms with Gasteiger partial charge in [-0.25, -0.2) is 4.79 Å². The van der Waals surface area contributed by atoms with Crippen LogP contribution in [0.1, 0.15) is 31.0 Å². The van der Waals surface area contributed by atoms with Gasteiger partial charge in [-0.3, -0.25) is 19.3 Å². The van der Waals surface area contributed by atoms with Crippen molar-refractivity contribution in [1.82, 2.24) is 24.5 Å². The van der Waals surface area contributed by atoms with Gasteiger partial charge in [0.1, 0.15) is 0 Å². The number of hydrogen-bond donors (Lipinski definition) is 0. The molecule has 1 aromatic rings. The molecule has 1 aromatic heterocycles. The molecule has 0 aromatic carbocycles. The first-order valence-electron chi connectivity index (χ1n) is 9.40. The summed E-state index contributed by atoms with van der Waals surface area (Å²) in [4.78, 5) is 30.8. The Morgan fingerprint density at radius 2 is 2.04 bits per heavy atom. The van der Waals surface area contributed by atoms with Crippen molar-refractivity contribution in [2.24, 2.45) is 5.41 Å². The smallest absolute Gasteiger partial charge is 0.327 e. The van der Waals surface area contributed by atoms with Crippen molar-refractivity contribution in [3.63, 3.8) is 0 Å². The number of amides is 3. The molecule has 0 atom stereocenters. The first kappa shape index (κ1) is 17.5. The minimum Gasteiger partial charge on any atom is -0.380 e. The third-order valence-electron chi connectivity index (χ3n) is 5.97. The van der Waals surface area contributed by atoms with Gasteiger partial charge >= 0.3 is 6.03 Å². The van der Waals surface area contributed by atoms with E-state index in [2.05, 4.69) is 24.0 Å². The summed E-state index contributed by atoms with van der Waals surface area (Å²) < 4.78 is 7.38. The minimum absolute atomic E-state index is 0.0616. The van der Waals surface area contributed by atoms with E-state index in [0.29, 0.717) is 39.3 Å². The van der Waals surface area contributed by atoms with Crippen molar-refractivity contribution in [2.45, 2.75) is 39.4 Å². The highest BCUT2D eigenvalue weighted by Crippen LogP contribution is 2.33. The Kier molecular flexibility index (Phi) is 4.48. The van der Waals surface area contributed by atoms with Gasteiger partial charge in [-0.05, 0) is 13.5 Å². The Labute approximate surface area is 153 Å². The molecule has 0 spiro atoms. The monoisotopic (exact) mass is 361 g/mol. The third-order valence-corrected chi connectivity index (χ3v) is 5.97. The lowest BCUT2D eigenvalue weighted by atomic mass is 9.82. The number of hydrogen-bond acceptors (Lipinski definition) is 5. The molecule has 0 N–H and O–H groups in total. The van der Waals surface area contributed by atoms with Crippen LogP contribution in [-0.4, -0.2) is 76.3 Å². The molecule has 3 amide bonds. The normalized spacial score (nSPS) is 23.2. The number of carbonyl (C=O) groups excluding carboxylic acids is 2. The van der Waals surface area contributed by atoms with Gasteiger partial charge in [-0.2, -0.15) is 5.10 Å². The maximum Gasteiger partial charge on any atom is 0.327 e. The largest absolute Gasteiger partial charge is 0.380 e. The Morgan fingerprint density at radius 3 is 2.73 bits per heavy atom. The lowest BCUT2D eigenvalue weighted by molar-refractivity contribution is -0.146. The van der Waals surface area contributed by atoms with Crippen LogP contribution in [0, 0.1) is 5.41 Å². The van der Waals surface area contributed by atoms with E-state index in [1.165, 1.54) is 10.6 Å². The summed E-state index contributed by atoms with van der Waals surface area (Å²) >= 11 is 0. The number of urea groups is 1. The average molecular weight is 361 g/mol. The topological polar surface area (TPSA) is 70.9 Å². The molecule has 0 radical (unpaired) electrons. The van der Waals surface area contributed by atoms with Crippen LogP contribution >= 0.6 is 0 Å². The van der Waals surface area contributed by atoms with Gasteiger partial charge in [-0.1, -0.05) is 6.92 Å². The quantitative estimate of drug-likeness (QED) is 0.780. The van der Waals surface area contributed by atoms with E-state index >= 15 is 0 Å². The zero-order valence-electron chi connectivity index (χ0n) is 15.6. The molecule has 0 aliphatic carbocycles. The first-order valence-corrected chi connectivity index (χ1v) is 9.40. The van der Waals surface area contributed by atoms with Gasteiger partial charge in [0.25, 0.3) is 0 Å². The van der Waals surface area contributed by atoms with Crippen molar-refractivity contribution < 1.29 is 14.3 Å². The minimum atomic E-state index is -0.176. The molecule has 0 bridgehead atoms. The molecule has 3 aliphatic rings. The standard InChI is InChI=1S/C18H27N5O3/c1-3-18(12-26-13-18)11-22-16(24)4-5-21(17(22)25)9-14-8-19-23-7-6-20(2)10-15(14)23/h8H,3-7,9-13H2,1-2H3. The number of imide groups is 1. The van der Waals surface area contributed by atoms with Gasteiger partial charge in [0.05, 0.1) is 38.2 Å². The van der Waals surface area contributed by atoms with E-state index in [1.54, 1.807) is 4.90 Å². The molecule has 4 rings (SSSR count). The Balaban J connectivity index is 1.48. The predicted molar refractivity (Wildman–Crippen MR) is 94.2 cm³/mol. The van der Waals surface area contributed by atoms with Crippen LogP contribution in [0.5, 0.6) is 0 Å². The van der Waals surface area contributed by atoms with Crippen molar-refractivity contribution in [2.75, 3.05) is 39.9 Å². The van der Waals surface area contributed by atoms with Gasteiger partial charge in [0.15, 0.2) is 0 Å². The van der Waals surface area contributed by atoms with E-state index in [9.17, 15) is 9.59 Å². The Morgan fingerprint density at radius 1 is 1.23 bits per heavy atom.